The van der Waals surface area contributed by atoms with Gasteiger partial charge in [-0.1, -0.05) is 37.6 Å². The lowest BCUT2D eigenvalue weighted by atomic mass is 9.46. The average molecular weight is 1080 g/mol. The van der Waals surface area contributed by atoms with Crippen molar-refractivity contribution in [3.63, 3.8) is 0 Å². The highest BCUT2D eigenvalue weighted by atomic mass is 16.8. The number of ether oxygens (including phenoxy) is 10. The van der Waals surface area contributed by atoms with E-state index in [2.05, 4.69) is 26.5 Å². The molecule has 6 aliphatic heterocycles. The van der Waals surface area contributed by atoms with Crippen LogP contribution in [-0.2, 0) is 47.4 Å². The summed E-state index contributed by atoms with van der Waals surface area (Å²) in [5.41, 5.74) is 1.50. The number of rotatable bonds is 12. The summed E-state index contributed by atoms with van der Waals surface area (Å²) >= 11 is 0. The molecule has 3 saturated carbocycles. The molecule has 1 spiro atoms. The Hall–Kier alpha value is -1.48. The third kappa shape index (κ3) is 9.43. The first-order valence-electron chi connectivity index (χ1n) is 26.8. The third-order valence-corrected chi connectivity index (χ3v) is 19.6. The predicted octanol–water partition coefficient (Wildman–Crippen LogP) is -3.75. The highest BCUT2D eigenvalue weighted by molar-refractivity contribution is 5.28. The summed E-state index contributed by atoms with van der Waals surface area (Å²) in [6.07, 6.45) is -27.2. The predicted molar refractivity (Wildman–Crippen MR) is 249 cm³/mol. The third-order valence-electron chi connectivity index (χ3n) is 19.6. The summed E-state index contributed by atoms with van der Waals surface area (Å²) in [6, 6.07) is 0. The molecule has 428 valence electrons. The zero-order valence-electron chi connectivity index (χ0n) is 42.5. The maximum absolute atomic E-state index is 12.2. The largest absolute Gasteiger partial charge is 0.394 e. The van der Waals surface area contributed by atoms with Crippen LogP contribution in [0.2, 0.25) is 0 Å². The first-order valence-corrected chi connectivity index (χ1v) is 26.8. The second kappa shape index (κ2) is 21.4. The van der Waals surface area contributed by atoms with Gasteiger partial charge in [-0.05, 0) is 87.4 Å². The van der Waals surface area contributed by atoms with E-state index in [1.165, 1.54) is 6.92 Å². The smallest absolute Gasteiger partial charge is 0.226 e. The van der Waals surface area contributed by atoms with E-state index in [0.717, 1.165) is 49.7 Å². The van der Waals surface area contributed by atoms with Crippen LogP contribution in [0.15, 0.2) is 23.8 Å². The first kappa shape index (κ1) is 56.8. The Bertz CT molecular complexity index is 2040. The second-order valence-corrected chi connectivity index (χ2v) is 23.6. The van der Waals surface area contributed by atoms with Crippen LogP contribution in [0.25, 0.3) is 0 Å². The molecule has 0 amide bonds. The van der Waals surface area contributed by atoms with Crippen LogP contribution in [0.3, 0.4) is 0 Å². The minimum absolute atomic E-state index is 0.00219. The van der Waals surface area contributed by atoms with Gasteiger partial charge in [-0.25, -0.2) is 0 Å². The van der Waals surface area contributed by atoms with Gasteiger partial charge < -0.3 is 119 Å². The Morgan fingerprint density at radius 3 is 2.05 bits per heavy atom. The van der Waals surface area contributed by atoms with Crippen molar-refractivity contribution in [1.29, 1.82) is 0 Å². The summed E-state index contributed by atoms with van der Waals surface area (Å²) < 4.78 is 60.7. The molecule has 17 unspecified atom stereocenters. The van der Waals surface area contributed by atoms with E-state index in [-0.39, 0.29) is 35.9 Å². The van der Waals surface area contributed by atoms with E-state index in [1.54, 1.807) is 0 Å². The van der Waals surface area contributed by atoms with E-state index in [0.29, 0.717) is 37.7 Å². The van der Waals surface area contributed by atoms with Crippen LogP contribution < -0.4 is 0 Å². The van der Waals surface area contributed by atoms with Crippen molar-refractivity contribution in [2.75, 3.05) is 33.0 Å². The van der Waals surface area contributed by atoms with Crippen LogP contribution in [0, 0.1) is 40.4 Å². The fourth-order valence-electron chi connectivity index (χ4n) is 15.4. The van der Waals surface area contributed by atoms with Gasteiger partial charge in [-0.2, -0.15) is 0 Å². The molecule has 24 nitrogen and oxygen atoms in total. The normalized spacial score (nSPS) is 56.0. The summed E-state index contributed by atoms with van der Waals surface area (Å²) in [6.45, 7) is 7.72. The molecular weight excluding hydrogens is 997 g/mol. The Morgan fingerprint density at radius 2 is 1.37 bits per heavy atom. The lowest BCUT2D eigenvalue weighted by Crippen LogP contribution is -2.72. The van der Waals surface area contributed by atoms with Gasteiger partial charge in [0.2, 0.25) is 5.79 Å². The molecule has 10 aliphatic rings. The number of allylic oxidation sites excluding steroid dienone is 1. The van der Waals surface area contributed by atoms with Gasteiger partial charge in [0.1, 0.15) is 85.5 Å². The van der Waals surface area contributed by atoms with Crippen molar-refractivity contribution in [3.8, 4) is 0 Å². The molecule has 0 aromatic rings. The van der Waals surface area contributed by atoms with Crippen LogP contribution >= 0.6 is 0 Å². The number of hydrogen-bond donors (Lipinski definition) is 14. The average Bonchev–Trinajstić information content (AvgIpc) is 3.85. The number of aliphatic hydroxyl groups is 14. The van der Waals surface area contributed by atoms with Crippen molar-refractivity contribution in [2.24, 2.45) is 40.4 Å². The molecule has 30 atom stereocenters. The fourth-order valence-corrected chi connectivity index (χ4v) is 15.4. The van der Waals surface area contributed by atoms with Gasteiger partial charge in [0.15, 0.2) is 30.9 Å². The monoisotopic (exact) mass is 1080 g/mol. The molecular formula is C51H80O24. The molecule has 0 radical (unpaired) electrons. The summed E-state index contributed by atoms with van der Waals surface area (Å²) in [7, 11) is 0. The zero-order valence-corrected chi connectivity index (χ0v) is 42.5. The standard InChI is InChI=1S/C51H80O24/c1-20-7-12-50(67-18-20)21(2)32-28(74-50)14-27-25-6-5-23-13-24(55)8-11-49(23,26(25)9-10-48(27,32)4)19-66-44-40(63)43(64)51(65,31(17-54)71-44)75-47-39(62)42(73-46-38(61)36(59)34(57)29(15-52)69-46)41(30(16-53)70-47)72-45-37(60)35(58)33(56)22(3)68-45/h5,21-22,24-47,52-65H,1,6-19H2,2-4H3/t21?,22-,24?,25?,26?,27?,28?,29?,30?,31?,32?,33-,34+,35+,36?,37+,38+,39+,40+,41+,42?,43?,44-,45?,46+,47+,48?,49?,50?,51-/m1/s1. The lowest BCUT2D eigenvalue weighted by molar-refractivity contribution is -0.450. The second-order valence-electron chi connectivity index (χ2n) is 23.6. The van der Waals surface area contributed by atoms with E-state index < -0.39 is 160 Å². The minimum atomic E-state index is -3.13. The van der Waals surface area contributed by atoms with Crippen molar-refractivity contribution in [2.45, 2.75) is 219 Å². The van der Waals surface area contributed by atoms with Crippen molar-refractivity contribution in [1.82, 2.24) is 0 Å². The van der Waals surface area contributed by atoms with Gasteiger partial charge >= 0.3 is 0 Å². The minimum Gasteiger partial charge on any atom is -0.394 e. The van der Waals surface area contributed by atoms with E-state index >= 15 is 0 Å². The first-order chi connectivity index (χ1) is 35.6. The fraction of sp³-hybridized carbons (Fsp3) is 0.922. The SMILES string of the molecule is C=C1CCC2(OC1)OC1CC3C4CC=C5CC(O)CCC5(CO[C@@H]5OC(CO)[C@@](O)(O[C@@H]6OC(CO)[C@H](OC7O[C@H](C)[C@@H](O)[C@H](O)[C@@H]7O)C(O[C@@H]7OC(CO)[C@H](O)C(O)[C@@H]7O)[C@@H]6O)C(O)[C@@H]5O)C4CCC3(C)C1C2C. The lowest BCUT2D eigenvalue weighted by Gasteiger charge is -2.59. The van der Waals surface area contributed by atoms with Crippen molar-refractivity contribution >= 4 is 0 Å². The molecule has 0 aromatic carbocycles. The number of aliphatic hydroxyl groups excluding tert-OH is 13. The molecule has 4 aliphatic carbocycles. The van der Waals surface area contributed by atoms with E-state index in [1.807, 2.05) is 0 Å². The quantitative estimate of drug-likeness (QED) is 0.0659. The highest BCUT2D eigenvalue weighted by Crippen LogP contribution is 2.71. The maximum Gasteiger partial charge on any atom is 0.226 e. The topological polar surface area (TPSA) is 376 Å². The Kier molecular flexibility index (Phi) is 16.2. The zero-order chi connectivity index (χ0) is 53.8. The van der Waals surface area contributed by atoms with Gasteiger partial charge in [0.05, 0.1) is 51.3 Å². The molecule has 6 heterocycles. The van der Waals surface area contributed by atoms with Crippen LogP contribution in [-0.4, -0.2) is 245 Å². The van der Waals surface area contributed by atoms with Crippen molar-refractivity contribution < 1.29 is 119 Å². The Labute approximate surface area is 434 Å². The highest BCUT2D eigenvalue weighted by Gasteiger charge is 2.70. The molecule has 9 fully saturated rings. The molecule has 14 N–H and O–H groups in total. The van der Waals surface area contributed by atoms with Gasteiger partial charge in [-0.3, -0.25) is 0 Å². The van der Waals surface area contributed by atoms with Crippen LogP contribution in [0.5, 0.6) is 0 Å². The van der Waals surface area contributed by atoms with Gasteiger partial charge in [-0.15, -0.1) is 0 Å². The van der Waals surface area contributed by atoms with Crippen LogP contribution in [0.4, 0.5) is 0 Å². The van der Waals surface area contributed by atoms with Crippen molar-refractivity contribution in [3.05, 3.63) is 23.8 Å². The van der Waals surface area contributed by atoms with E-state index in [4.69, 9.17) is 47.4 Å². The molecule has 10 rings (SSSR count). The molecule has 0 aromatic heterocycles. The van der Waals surface area contributed by atoms with Gasteiger partial charge in [0, 0.05) is 17.8 Å². The summed E-state index contributed by atoms with van der Waals surface area (Å²) in [4.78, 5) is 0. The summed E-state index contributed by atoms with van der Waals surface area (Å²) in [5, 5.41) is 154. The number of hydrogen-bond acceptors (Lipinski definition) is 24. The molecule has 6 saturated heterocycles. The summed E-state index contributed by atoms with van der Waals surface area (Å²) in [5.74, 6) is -2.58. The maximum atomic E-state index is 12.2. The van der Waals surface area contributed by atoms with Crippen LogP contribution in [0.1, 0.15) is 78.6 Å². The van der Waals surface area contributed by atoms with E-state index in [9.17, 15) is 71.5 Å². The molecule has 75 heavy (non-hydrogen) atoms. The Morgan fingerprint density at radius 1 is 0.693 bits per heavy atom. The molecule has 0 bridgehead atoms. The number of fused-ring (bicyclic) bond motifs is 7. The Balaban J connectivity index is 0.866. The van der Waals surface area contributed by atoms with Gasteiger partial charge in [0.25, 0.3) is 0 Å². The molecule has 24 heteroatoms.